The molecule has 0 aliphatic rings. The Morgan fingerprint density at radius 3 is 1.38 bits per heavy atom. The largest absolute Gasteiger partial charge is 0.466 e. The number of carbonyl (C=O) groups excluding carboxylic acids is 2. The molecule has 5 nitrogen and oxygen atoms in total. The molecular formula is C40H79NO4. The lowest BCUT2D eigenvalue weighted by Gasteiger charge is -2.20. The van der Waals surface area contributed by atoms with E-state index in [-0.39, 0.29) is 18.0 Å². The van der Waals surface area contributed by atoms with Gasteiger partial charge in [0.2, 0.25) is 0 Å². The third-order valence-electron chi connectivity index (χ3n) is 9.23. The summed E-state index contributed by atoms with van der Waals surface area (Å²) in [7, 11) is 0. The number of carbonyl (C=O) groups is 2. The maximum Gasteiger partial charge on any atom is 0.306 e. The molecule has 0 amide bonds. The van der Waals surface area contributed by atoms with Crippen LogP contribution in [0.3, 0.4) is 0 Å². The van der Waals surface area contributed by atoms with Crippen LogP contribution in [0.2, 0.25) is 0 Å². The molecule has 0 saturated carbocycles. The molecule has 0 fully saturated rings. The molecule has 0 atom stereocenters. The number of esters is 2. The van der Waals surface area contributed by atoms with E-state index in [4.69, 9.17) is 9.47 Å². The number of ether oxygens (including phenoxy) is 2. The second-order valence-corrected chi connectivity index (χ2v) is 13.6. The highest BCUT2D eigenvalue weighted by atomic mass is 16.5. The van der Waals surface area contributed by atoms with Crippen molar-refractivity contribution in [2.75, 3.05) is 26.2 Å². The van der Waals surface area contributed by atoms with Gasteiger partial charge >= 0.3 is 11.9 Å². The number of hydrogen-bond acceptors (Lipinski definition) is 5. The van der Waals surface area contributed by atoms with E-state index < -0.39 is 0 Å². The van der Waals surface area contributed by atoms with Crippen molar-refractivity contribution >= 4 is 11.9 Å². The van der Waals surface area contributed by atoms with Gasteiger partial charge in [-0.3, -0.25) is 9.59 Å². The number of unbranched alkanes of at least 4 members (excludes halogenated alkanes) is 20. The summed E-state index contributed by atoms with van der Waals surface area (Å²) in [4.78, 5) is 27.1. The highest BCUT2D eigenvalue weighted by Crippen LogP contribution is 2.18. The third-order valence-corrected chi connectivity index (χ3v) is 9.23. The molecule has 0 rings (SSSR count). The standard InChI is InChI=1S/C40H79NO4/c1-5-9-12-15-18-24-31-38(32-25-19-16-13-10-6-2)45-40(43)34-27-23-29-36-41(8-4)35-28-21-17-20-26-33-39(42)44-37-30-22-14-11-7-3/h38H,5-37H2,1-4H3. The molecule has 0 aliphatic heterocycles. The molecule has 0 N–H and O–H groups in total. The zero-order chi connectivity index (χ0) is 33.1. The van der Waals surface area contributed by atoms with Gasteiger partial charge < -0.3 is 14.4 Å². The van der Waals surface area contributed by atoms with Crippen molar-refractivity contribution in [3.05, 3.63) is 0 Å². The lowest BCUT2D eigenvalue weighted by Crippen LogP contribution is -2.25. The van der Waals surface area contributed by atoms with Gasteiger partial charge in [0.15, 0.2) is 0 Å². The predicted octanol–water partition coefficient (Wildman–Crippen LogP) is 12.1. The van der Waals surface area contributed by atoms with Gasteiger partial charge in [-0.2, -0.15) is 0 Å². The Hall–Kier alpha value is -1.10. The first-order valence-electron chi connectivity index (χ1n) is 20.1. The van der Waals surface area contributed by atoms with Crippen molar-refractivity contribution in [2.24, 2.45) is 0 Å². The fourth-order valence-corrected chi connectivity index (χ4v) is 6.12. The fraction of sp³-hybridized carbons (Fsp3) is 0.950. The summed E-state index contributed by atoms with van der Waals surface area (Å²) in [5, 5.41) is 0. The molecule has 0 aliphatic carbocycles. The second-order valence-electron chi connectivity index (χ2n) is 13.6. The summed E-state index contributed by atoms with van der Waals surface area (Å²) in [6.45, 7) is 12.9. The number of rotatable bonds is 36. The average Bonchev–Trinajstić information content (AvgIpc) is 3.04. The van der Waals surface area contributed by atoms with Crippen molar-refractivity contribution in [1.29, 1.82) is 0 Å². The molecule has 45 heavy (non-hydrogen) atoms. The lowest BCUT2D eigenvalue weighted by molar-refractivity contribution is -0.150. The van der Waals surface area contributed by atoms with Crippen LogP contribution in [0.1, 0.15) is 214 Å². The molecule has 5 heteroatoms. The quantitative estimate of drug-likeness (QED) is 0.0505. The minimum atomic E-state index is -0.0166. The maximum atomic E-state index is 12.7. The van der Waals surface area contributed by atoms with E-state index in [2.05, 4.69) is 32.6 Å². The Morgan fingerprint density at radius 1 is 0.467 bits per heavy atom. The van der Waals surface area contributed by atoms with Crippen LogP contribution >= 0.6 is 0 Å². The molecule has 268 valence electrons. The Morgan fingerprint density at radius 2 is 0.867 bits per heavy atom. The lowest BCUT2D eigenvalue weighted by atomic mass is 10.0. The van der Waals surface area contributed by atoms with Gasteiger partial charge in [-0.1, -0.05) is 143 Å². The van der Waals surface area contributed by atoms with Crippen molar-refractivity contribution < 1.29 is 19.1 Å². The zero-order valence-corrected chi connectivity index (χ0v) is 31.0. The summed E-state index contributed by atoms with van der Waals surface area (Å²) >= 11 is 0. The van der Waals surface area contributed by atoms with E-state index >= 15 is 0 Å². The second kappa shape index (κ2) is 35.7. The number of nitrogens with zero attached hydrogens (tertiary/aromatic N) is 1. The summed E-state index contributed by atoms with van der Waals surface area (Å²) in [5.74, 6) is 0.0112. The third kappa shape index (κ3) is 32.6. The predicted molar refractivity (Wildman–Crippen MR) is 194 cm³/mol. The Balaban J connectivity index is 3.95. The topological polar surface area (TPSA) is 55.8 Å². The molecule has 0 heterocycles. The van der Waals surface area contributed by atoms with Gasteiger partial charge in [0, 0.05) is 12.8 Å². The van der Waals surface area contributed by atoms with Crippen LogP contribution in [0.4, 0.5) is 0 Å². The van der Waals surface area contributed by atoms with E-state index in [0.717, 1.165) is 71.0 Å². The minimum Gasteiger partial charge on any atom is -0.466 e. The van der Waals surface area contributed by atoms with Gasteiger partial charge in [0.25, 0.3) is 0 Å². The summed E-state index contributed by atoms with van der Waals surface area (Å²) < 4.78 is 11.4. The normalized spacial score (nSPS) is 11.5. The van der Waals surface area contributed by atoms with Crippen molar-refractivity contribution in [3.8, 4) is 0 Å². The molecule has 0 bridgehead atoms. The van der Waals surface area contributed by atoms with E-state index in [1.807, 2.05) is 0 Å². The Bertz CT molecular complexity index is 609. The van der Waals surface area contributed by atoms with Crippen LogP contribution < -0.4 is 0 Å². The van der Waals surface area contributed by atoms with E-state index in [9.17, 15) is 9.59 Å². The smallest absolute Gasteiger partial charge is 0.306 e. The van der Waals surface area contributed by atoms with Crippen LogP contribution in [0.15, 0.2) is 0 Å². The van der Waals surface area contributed by atoms with E-state index in [1.54, 1.807) is 0 Å². The first-order chi connectivity index (χ1) is 22.1. The van der Waals surface area contributed by atoms with Crippen LogP contribution in [0.5, 0.6) is 0 Å². The fourth-order valence-electron chi connectivity index (χ4n) is 6.12. The summed E-state index contributed by atoms with van der Waals surface area (Å²) in [6.07, 6.45) is 33.7. The van der Waals surface area contributed by atoms with Crippen molar-refractivity contribution in [3.63, 3.8) is 0 Å². The first-order valence-corrected chi connectivity index (χ1v) is 20.1. The van der Waals surface area contributed by atoms with Gasteiger partial charge in [-0.05, 0) is 77.4 Å². The van der Waals surface area contributed by atoms with Crippen LogP contribution in [0.25, 0.3) is 0 Å². The molecule has 0 radical (unpaired) electrons. The molecular weight excluding hydrogens is 558 g/mol. The first kappa shape index (κ1) is 43.9. The highest BCUT2D eigenvalue weighted by Gasteiger charge is 2.14. The molecule has 0 spiro atoms. The summed E-state index contributed by atoms with van der Waals surface area (Å²) in [5.41, 5.74) is 0. The van der Waals surface area contributed by atoms with Gasteiger partial charge in [0.1, 0.15) is 6.10 Å². The SMILES string of the molecule is CCCCCCCCC(CCCCCCCC)OC(=O)CCCCCN(CC)CCCCCCCC(=O)OCCCCCCC. The average molecular weight is 638 g/mol. The van der Waals surface area contributed by atoms with E-state index in [1.165, 1.54) is 122 Å². The van der Waals surface area contributed by atoms with Crippen molar-refractivity contribution in [2.45, 2.75) is 220 Å². The molecule has 0 aromatic carbocycles. The molecule has 0 unspecified atom stereocenters. The van der Waals surface area contributed by atoms with Crippen LogP contribution in [-0.2, 0) is 19.1 Å². The zero-order valence-electron chi connectivity index (χ0n) is 31.0. The van der Waals surface area contributed by atoms with Crippen LogP contribution in [-0.4, -0.2) is 49.2 Å². The summed E-state index contributed by atoms with van der Waals surface area (Å²) in [6, 6.07) is 0. The van der Waals surface area contributed by atoms with Crippen molar-refractivity contribution in [1.82, 2.24) is 4.90 Å². The van der Waals surface area contributed by atoms with Gasteiger partial charge in [0.05, 0.1) is 6.61 Å². The van der Waals surface area contributed by atoms with E-state index in [0.29, 0.717) is 19.4 Å². The maximum absolute atomic E-state index is 12.7. The highest BCUT2D eigenvalue weighted by molar-refractivity contribution is 5.69. The molecule has 0 aromatic rings. The van der Waals surface area contributed by atoms with Gasteiger partial charge in [-0.25, -0.2) is 0 Å². The Labute approximate surface area is 281 Å². The Kier molecular flexibility index (Phi) is 34.9. The van der Waals surface area contributed by atoms with Gasteiger partial charge in [-0.15, -0.1) is 0 Å². The van der Waals surface area contributed by atoms with Crippen LogP contribution in [0, 0.1) is 0 Å². The monoisotopic (exact) mass is 638 g/mol. The minimum absolute atomic E-state index is 0.0166. The molecule has 0 saturated heterocycles. The molecule has 0 aromatic heterocycles. The number of hydrogen-bond donors (Lipinski definition) is 0.